The summed E-state index contributed by atoms with van der Waals surface area (Å²) in [6, 6.07) is 15.8. The molecular weight excluding hydrogens is 572 g/mol. The molecule has 2 heterocycles. The zero-order chi connectivity index (χ0) is 31.7. The third kappa shape index (κ3) is 5.98. The van der Waals surface area contributed by atoms with Gasteiger partial charge in [0.1, 0.15) is 6.10 Å². The Balaban J connectivity index is 1.06. The SMILES string of the molecule is CCCCCN(C(=O)CCCCCCCc1ccccc1)[C@@H]1CC[C@H]2[C@H]3Cc4ccc(OC)c5c4[C@@]2(CCN3CC2CC2O)[C@H]1O5. The first kappa shape index (κ1) is 32.0. The average molecular weight is 629 g/mol. The van der Waals surface area contributed by atoms with Gasteiger partial charge in [0.05, 0.1) is 19.3 Å². The van der Waals surface area contributed by atoms with E-state index in [0.29, 0.717) is 30.2 Å². The number of rotatable bonds is 16. The predicted molar refractivity (Wildman–Crippen MR) is 182 cm³/mol. The highest BCUT2D eigenvalue weighted by Crippen LogP contribution is 2.64. The number of piperidine rings is 1. The van der Waals surface area contributed by atoms with Crippen LogP contribution in [-0.4, -0.2) is 71.8 Å². The Morgan fingerprint density at radius 1 is 1.04 bits per heavy atom. The summed E-state index contributed by atoms with van der Waals surface area (Å²) in [6.07, 6.45) is 16.0. The van der Waals surface area contributed by atoms with E-state index in [1.54, 1.807) is 7.11 Å². The summed E-state index contributed by atoms with van der Waals surface area (Å²) in [6.45, 7) is 5.14. The number of aliphatic hydroxyl groups is 1. The van der Waals surface area contributed by atoms with Gasteiger partial charge in [0.2, 0.25) is 5.91 Å². The number of aryl methyl sites for hydroxylation is 1. The largest absolute Gasteiger partial charge is 0.493 e. The number of hydrogen-bond acceptors (Lipinski definition) is 5. The second-order valence-electron chi connectivity index (χ2n) is 15.1. The van der Waals surface area contributed by atoms with Gasteiger partial charge in [-0.2, -0.15) is 0 Å². The Bertz CT molecular complexity index is 1350. The molecular formula is C40H56N2O4. The minimum atomic E-state index is -0.113. The lowest BCUT2D eigenvalue weighted by molar-refractivity contribution is -0.143. The summed E-state index contributed by atoms with van der Waals surface area (Å²) in [4.78, 5) is 19.2. The average Bonchev–Trinajstić information content (AvgIpc) is 3.66. The van der Waals surface area contributed by atoms with Crippen LogP contribution in [0.25, 0.3) is 0 Å². The number of amides is 1. The number of ether oxygens (including phenoxy) is 2. The van der Waals surface area contributed by atoms with E-state index in [4.69, 9.17) is 9.47 Å². The highest BCUT2D eigenvalue weighted by molar-refractivity contribution is 5.77. The highest BCUT2D eigenvalue weighted by Gasteiger charge is 2.67. The number of methoxy groups -OCH3 is 1. The minimum absolute atomic E-state index is 0.0173. The second-order valence-corrected chi connectivity index (χ2v) is 15.1. The van der Waals surface area contributed by atoms with Gasteiger partial charge in [0.25, 0.3) is 0 Å². The number of likely N-dealkylation sites (tertiary alicyclic amines) is 1. The maximum absolute atomic E-state index is 14.2. The van der Waals surface area contributed by atoms with E-state index in [2.05, 4.69) is 59.2 Å². The summed E-state index contributed by atoms with van der Waals surface area (Å²) in [5.74, 6) is 3.09. The van der Waals surface area contributed by atoms with Crippen LogP contribution in [0, 0.1) is 11.8 Å². The Kier molecular flexibility index (Phi) is 9.66. The maximum atomic E-state index is 14.2. The van der Waals surface area contributed by atoms with E-state index < -0.39 is 0 Å². The predicted octanol–water partition coefficient (Wildman–Crippen LogP) is 7.09. The van der Waals surface area contributed by atoms with Gasteiger partial charge in [-0.05, 0) is 87.4 Å². The van der Waals surface area contributed by atoms with Crippen molar-refractivity contribution >= 4 is 5.91 Å². The van der Waals surface area contributed by atoms with Crippen LogP contribution in [0.3, 0.4) is 0 Å². The van der Waals surface area contributed by atoms with Crippen LogP contribution in [0.2, 0.25) is 0 Å². The van der Waals surface area contributed by atoms with Crippen molar-refractivity contribution in [2.75, 3.05) is 26.7 Å². The molecule has 2 bridgehead atoms. The fourth-order valence-electron chi connectivity index (χ4n) is 9.95. The van der Waals surface area contributed by atoms with E-state index in [1.807, 2.05) is 0 Å². The lowest BCUT2D eigenvalue weighted by Crippen LogP contribution is -2.69. The molecule has 2 saturated carbocycles. The van der Waals surface area contributed by atoms with Gasteiger partial charge in [-0.25, -0.2) is 0 Å². The molecule has 3 fully saturated rings. The van der Waals surface area contributed by atoms with Crippen LogP contribution < -0.4 is 9.47 Å². The molecule has 1 amide bonds. The van der Waals surface area contributed by atoms with Crippen molar-refractivity contribution in [1.29, 1.82) is 0 Å². The quantitative estimate of drug-likeness (QED) is 0.201. The van der Waals surface area contributed by atoms with Gasteiger partial charge < -0.3 is 19.5 Å². The fraction of sp³-hybridized carbons (Fsp3) is 0.675. The summed E-state index contributed by atoms with van der Waals surface area (Å²) < 4.78 is 13.0. The van der Waals surface area contributed by atoms with Gasteiger partial charge in [-0.1, -0.05) is 75.4 Å². The van der Waals surface area contributed by atoms with Gasteiger partial charge in [-0.3, -0.25) is 9.69 Å². The minimum Gasteiger partial charge on any atom is -0.493 e. The van der Waals surface area contributed by atoms with E-state index in [0.717, 1.165) is 102 Å². The van der Waals surface area contributed by atoms with Crippen LogP contribution in [0.4, 0.5) is 0 Å². The van der Waals surface area contributed by atoms with Crippen molar-refractivity contribution in [2.24, 2.45) is 11.8 Å². The first-order valence-corrected chi connectivity index (χ1v) is 18.7. The molecule has 2 unspecified atom stereocenters. The first-order chi connectivity index (χ1) is 22.5. The van der Waals surface area contributed by atoms with Crippen LogP contribution in [0.5, 0.6) is 11.5 Å². The third-order valence-corrected chi connectivity index (χ3v) is 12.4. The van der Waals surface area contributed by atoms with Crippen molar-refractivity contribution in [2.45, 2.75) is 133 Å². The van der Waals surface area contributed by atoms with Crippen LogP contribution in [0.1, 0.15) is 107 Å². The molecule has 2 aliphatic heterocycles. The molecule has 1 saturated heterocycles. The van der Waals surface area contributed by atoms with E-state index in [9.17, 15) is 9.90 Å². The maximum Gasteiger partial charge on any atom is 0.222 e. The number of nitrogens with zero attached hydrogens (tertiary/aromatic N) is 2. The van der Waals surface area contributed by atoms with Gasteiger partial charge in [0.15, 0.2) is 11.5 Å². The van der Waals surface area contributed by atoms with Gasteiger partial charge in [-0.15, -0.1) is 0 Å². The molecule has 2 aromatic carbocycles. The number of benzene rings is 2. The van der Waals surface area contributed by atoms with Crippen molar-refractivity contribution in [1.82, 2.24) is 9.80 Å². The molecule has 3 aliphatic carbocycles. The highest BCUT2D eigenvalue weighted by atomic mass is 16.5. The molecule has 46 heavy (non-hydrogen) atoms. The Hall–Kier alpha value is -2.57. The van der Waals surface area contributed by atoms with Crippen LogP contribution in [-0.2, 0) is 23.1 Å². The molecule has 5 aliphatic rings. The molecule has 7 rings (SSSR count). The molecule has 7 atom stereocenters. The number of aliphatic hydroxyl groups excluding tert-OH is 1. The second kappa shape index (κ2) is 13.9. The van der Waals surface area contributed by atoms with E-state index in [1.165, 1.54) is 36.0 Å². The van der Waals surface area contributed by atoms with E-state index >= 15 is 0 Å². The van der Waals surface area contributed by atoms with Crippen molar-refractivity contribution in [3.63, 3.8) is 0 Å². The lowest BCUT2D eigenvalue weighted by atomic mass is 9.51. The molecule has 250 valence electrons. The zero-order valence-electron chi connectivity index (χ0n) is 28.3. The molecule has 0 radical (unpaired) electrons. The zero-order valence-corrected chi connectivity index (χ0v) is 28.3. The standard InChI is InChI=1S/C40H56N2O4/c1-3-4-13-23-42(36(44)17-12-7-5-6-9-14-28-15-10-8-11-16-28)32-20-19-31-33-25-29-18-21-35(45-2)38-37(29)40(31,39(32)46-38)22-24-41(33)27-30-26-34(30)43/h8,10-11,15-16,18,21,30-34,39,43H,3-7,9,12-14,17,19-20,22-27H2,1-2H3/t30?,31-,32+,33+,34?,39-,40-/m0/s1. The number of hydrogen-bond donors (Lipinski definition) is 1. The monoisotopic (exact) mass is 628 g/mol. The first-order valence-electron chi connectivity index (χ1n) is 18.7. The van der Waals surface area contributed by atoms with Crippen LogP contribution >= 0.6 is 0 Å². The molecule has 1 spiro atoms. The summed E-state index contributed by atoms with van der Waals surface area (Å²) >= 11 is 0. The lowest BCUT2D eigenvalue weighted by Gasteiger charge is -2.60. The molecule has 1 N–H and O–H groups in total. The molecule has 6 heteroatoms. The summed E-state index contributed by atoms with van der Waals surface area (Å²) in [7, 11) is 1.76. The molecule has 2 aromatic rings. The van der Waals surface area contributed by atoms with E-state index in [-0.39, 0.29) is 23.7 Å². The van der Waals surface area contributed by atoms with Crippen molar-refractivity contribution in [3.8, 4) is 11.5 Å². The number of carbonyl (C=O) groups excluding carboxylic acids is 1. The van der Waals surface area contributed by atoms with Gasteiger partial charge in [0, 0.05) is 42.4 Å². The number of carbonyl (C=O) groups is 1. The summed E-state index contributed by atoms with van der Waals surface area (Å²) in [5, 5.41) is 10.2. The van der Waals surface area contributed by atoms with Crippen molar-refractivity contribution < 1.29 is 19.4 Å². The molecule has 6 nitrogen and oxygen atoms in total. The smallest absolute Gasteiger partial charge is 0.222 e. The molecule has 0 aromatic heterocycles. The Morgan fingerprint density at radius 2 is 1.85 bits per heavy atom. The Morgan fingerprint density at radius 3 is 2.63 bits per heavy atom. The third-order valence-electron chi connectivity index (χ3n) is 12.4. The van der Waals surface area contributed by atoms with Gasteiger partial charge >= 0.3 is 0 Å². The summed E-state index contributed by atoms with van der Waals surface area (Å²) in [5.41, 5.74) is 4.18. The normalized spacial score (nSPS) is 30.4. The number of unbranched alkanes of at least 4 members (excludes halogenated alkanes) is 6. The van der Waals surface area contributed by atoms with Crippen molar-refractivity contribution in [3.05, 3.63) is 59.2 Å². The fourth-order valence-corrected chi connectivity index (χ4v) is 9.95. The topological polar surface area (TPSA) is 62.2 Å². The van der Waals surface area contributed by atoms with Crippen LogP contribution in [0.15, 0.2) is 42.5 Å². The Labute approximate surface area is 276 Å².